The molecule has 1 aliphatic carbocycles. The number of nitrogens with zero attached hydrogens (tertiary/aromatic N) is 1. The van der Waals surface area contributed by atoms with Gasteiger partial charge in [0, 0.05) is 23.7 Å². The lowest BCUT2D eigenvalue weighted by Gasteiger charge is -2.23. The van der Waals surface area contributed by atoms with Crippen molar-refractivity contribution in [2.45, 2.75) is 43.0 Å². The van der Waals surface area contributed by atoms with Gasteiger partial charge in [-0.25, -0.2) is 0 Å². The summed E-state index contributed by atoms with van der Waals surface area (Å²) < 4.78 is 56.2. The highest BCUT2D eigenvalue weighted by atomic mass is 19.4. The number of amides is 1. The molecule has 5 nitrogen and oxygen atoms in total. The molecule has 3 aliphatic heterocycles. The number of rotatable bonds is 2. The number of benzene rings is 2. The fourth-order valence-corrected chi connectivity index (χ4v) is 5.44. The van der Waals surface area contributed by atoms with Gasteiger partial charge in [-0.2, -0.15) is 13.2 Å². The molecule has 4 heterocycles. The number of para-hydroxylation sites is 1. The van der Waals surface area contributed by atoms with E-state index in [4.69, 9.17) is 13.9 Å². The van der Waals surface area contributed by atoms with E-state index in [1.807, 2.05) is 36.4 Å². The van der Waals surface area contributed by atoms with Crippen LogP contribution in [0, 0.1) is 0 Å². The molecule has 7 rings (SSSR count). The van der Waals surface area contributed by atoms with Crippen molar-refractivity contribution < 1.29 is 31.9 Å². The van der Waals surface area contributed by atoms with Crippen LogP contribution in [-0.4, -0.2) is 18.1 Å². The molecule has 1 amide bonds. The molecule has 0 saturated heterocycles. The third-order valence-electron chi connectivity index (χ3n) is 7.23. The average Bonchev–Trinajstić information content (AvgIpc) is 3.13. The van der Waals surface area contributed by atoms with E-state index >= 15 is 0 Å². The molecule has 1 unspecified atom stereocenters. The Kier molecular flexibility index (Phi) is 3.43. The van der Waals surface area contributed by atoms with E-state index in [1.54, 1.807) is 0 Å². The third-order valence-corrected chi connectivity index (χ3v) is 7.23. The summed E-state index contributed by atoms with van der Waals surface area (Å²) in [6.07, 6.45) is -1.71. The van der Waals surface area contributed by atoms with Gasteiger partial charge in [0.05, 0.1) is 6.54 Å². The van der Waals surface area contributed by atoms with Crippen LogP contribution in [0.4, 0.5) is 18.9 Å². The first kappa shape index (κ1) is 19.1. The quantitative estimate of drug-likeness (QED) is 0.549. The molecule has 0 bridgehead atoms. The highest BCUT2D eigenvalue weighted by Gasteiger charge is 2.58. The van der Waals surface area contributed by atoms with Crippen molar-refractivity contribution in [3.05, 3.63) is 76.7 Å². The smallest absolute Gasteiger partial charge is 0.449 e. The van der Waals surface area contributed by atoms with Gasteiger partial charge in [0.25, 0.3) is 0 Å². The molecular weight excluding hydrogens is 435 g/mol. The van der Waals surface area contributed by atoms with Crippen molar-refractivity contribution in [2.75, 3.05) is 11.5 Å². The maximum absolute atomic E-state index is 13.9. The lowest BCUT2D eigenvalue weighted by molar-refractivity contribution is -0.153. The van der Waals surface area contributed by atoms with Crippen molar-refractivity contribution in [3.8, 4) is 11.5 Å². The number of carbonyl (C=O) groups excluding carboxylic acids is 1. The second-order valence-electron chi connectivity index (χ2n) is 9.28. The van der Waals surface area contributed by atoms with Crippen molar-refractivity contribution in [1.29, 1.82) is 0 Å². The Morgan fingerprint density at radius 1 is 1.00 bits per heavy atom. The summed E-state index contributed by atoms with van der Waals surface area (Å²) in [5, 5.41) is 0. The molecule has 33 heavy (non-hydrogen) atoms. The lowest BCUT2D eigenvalue weighted by atomic mass is 9.76. The fourth-order valence-electron chi connectivity index (χ4n) is 5.44. The molecule has 8 heteroatoms. The van der Waals surface area contributed by atoms with Crippen LogP contribution >= 0.6 is 0 Å². The first-order valence-electron chi connectivity index (χ1n) is 10.9. The number of furan rings is 1. The Labute approximate surface area is 186 Å². The summed E-state index contributed by atoms with van der Waals surface area (Å²) in [5.41, 5.74) is 2.16. The highest BCUT2D eigenvalue weighted by Crippen LogP contribution is 2.57. The molecule has 2 aromatic carbocycles. The van der Waals surface area contributed by atoms with Gasteiger partial charge in [-0.15, -0.1) is 0 Å². The summed E-state index contributed by atoms with van der Waals surface area (Å²) in [5.74, 6) is 0.196. The number of alkyl halides is 3. The zero-order valence-corrected chi connectivity index (χ0v) is 17.4. The highest BCUT2D eigenvalue weighted by molar-refractivity contribution is 6.11. The van der Waals surface area contributed by atoms with Crippen molar-refractivity contribution in [2.24, 2.45) is 0 Å². The van der Waals surface area contributed by atoms with E-state index in [1.165, 1.54) is 11.0 Å². The van der Waals surface area contributed by atoms with E-state index < -0.39 is 17.4 Å². The topological polar surface area (TPSA) is 51.9 Å². The van der Waals surface area contributed by atoms with E-state index in [2.05, 4.69) is 0 Å². The van der Waals surface area contributed by atoms with Crippen LogP contribution in [0.1, 0.15) is 41.1 Å². The first-order valence-corrected chi connectivity index (χ1v) is 10.9. The number of hydrogen-bond acceptors (Lipinski definition) is 4. The Morgan fingerprint density at radius 2 is 1.82 bits per heavy atom. The Balaban J connectivity index is 1.31. The molecule has 168 valence electrons. The van der Waals surface area contributed by atoms with Gasteiger partial charge >= 0.3 is 6.18 Å². The van der Waals surface area contributed by atoms with Crippen molar-refractivity contribution >= 4 is 11.6 Å². The van der Waals surface area contributed by atoms with Crippen molar-refractivity contribution in [3.63, 3.8) is 0 Å². The zero-order valence-electron chi connectivity index (χ0n) is 17.4. The van der Waals surface area contributed by atoms with Crippen LogP contribution in [0.2, 0.25) is 0 Å². The Bertz CT molecular complexity index is 1340. The minimum atomic E-state index is -4.58. The van der Waals surface area contributed by atoms with Crippen molar-refractivity contribution in [1.82, 2.24) is 0 Å². The van der Waals surface area contributed by atoms with Crippen LogP contribution in [0.3, 0.4) is 0 Å². The van der Waals surface area contributed by atoms with Crippen LogP contribution in [0.5, 0.6) is 11.5 Å². The molecular formula is C25H18F3NO4. The molecule has 1 fully saturated rings. The molecule has 0 radical (unpaired) electrons. The van der Waals surface area contributed by atoms with E-state index in [0.29, 0.717) is 11.4 Å². The number of halogens is 3. The summed E-state index contributed by atoms with van der Waals surface area (Å²) in [6.45, 7) is 0.0366. The normalized spacial score (nSPS) is 23.5. The van der Waals surface area contributed by atoms with Gasteiger partial charge < -0.3 is 18.8 Å². The molecule has 4 aliphatic rings. The summed E-state index contributed by atoms with van der Waals surface area (Å²) in [4.78, 5) is 15.4. The lowest BCUT2D eigenvalue weighted by Crippen LogP contribution is -2.42. The first-order chi connectivity index (χ1) is 15.8. The average molecular weight is 453 g/mol. The van der Waals surface area contributed by atoms with Crippen LogP contribution in [-0.2, 0) is 29.4 Å². The second kappa shape index (κ2) is 5.92. The van der Waals surface area contributed by atoms with Gasteiger partial charge in [0.1, 0.15) is 34.9 Å². The van der Waals surface area contributed by atoms with Crippen LogP contribution in [0.15, 0.2) is 52.9 Å². The summed E-state index contributed by atoms with van der Waals surface area (Å²) >= 11 is 0. The van der Waals surface area contributed by atoms with Gasteiger partial charge in [0.15, 0.2) is 0 Å². The maximum atomic E-state index is 13.9. The minimum Gasteiger partial charge on any atom is -0.491 e. The monoisotopic (exact) mass is 453 g/mol. The third kappa shape index (κ3) is 2.52. The van der Waals surface area contributed by atoms with Gasteiger partial charge in [-0.1, -0.05) is 18.2 Å². The van der Waals surface area contributed by atoms with Gasteiger partial charge in [-0.05, 0) is 48.2 Å². The Hall–Kier alpha value is -3.42. The largest absolute Gasteiger partial charge is 0.491 e. The minimum absolute atomic E-state index is 0.0692. The Morgan fingerprint density at radius 3 is 2.58 bits per heavy atom. The molecule has 1 saturated carbocycles. The summed E-state index contributed by atoms with van der Waals surface area (Å²) in [7, 11) is 0. The number of carbonyl (C=O) groups is 1. The molecule has 1 aromatic heterocycles. The van der Waals surface area contributed by atoms with Gasteiger partial charge in [0.2, 0.25) is 11.7 Å². The second-order valence-corrected chi connectivity index (χ2v) is 9.28. The number of anilines is 1. The maximum Gasteiger partial charge on any atom is 0.449 e. The number of fused-ring (bicyclic) bond motifs is 5. The SMILES string of the molecule is O=C1N(Cc2ccc(C(F)(F)F)o2)c2ccccc2C12COc1cc3c(cc12)CC1(CC1)O3. The standard InChI is InChI=1S/C25H18F3NO4/c26-25(27,28)21-6-5-15(32-21)12-29-18-4-2-1-3-16(18)24(22(29)30)13-31-20-10-19-14(9-17(20)24)11-23(33-19)7-8-23/h1-6,9-10H,7-8,11-13H2. The molecule has 0 N–H and O–H groups in total. The molecule has 1 atom stereocenters. The number of hydrogen-bond donors (Lipinski definition) is 0. The van der Waals surface area contributed by atoms with Crippen LogP contribution in [0.25, 0.3) is 0 Å². The van der Waals surface area contributed by atoms with E-state index in [0.717, 1.165) is 47.8 Å². The molecule has 2 spiro atoms. The zero-order chi connectivity index (χ0) is 22.6. The number of ether oxygens (including phenoxy) is 2. The van der Waals surface area contributed by atoms with E-state index in [9.17, 15) is 18.0 Å². The van der Waals surface area contributed by atoms with E-state index in [-0.39, 0.29) is 30.4 Å². The summed E-state index contributed by atoms with van der Waals surface area (Å²) in [6, 6.07) is 13.4. The van der Waals surface area contributed by atoms with Crippen LogP contribution < -0.4 is 14.4 Å². The van der Waals surface area contributed by atoms with Gasteiger partial charge in [-0.3, -0.25) is 4.79 Å². The fraction of sp³-hybridized carbons (Fsp3) is 0.320. The predicted octanol–water partition coefficient (Wildman–Crippen LogP) is 4.99. The predicted molar refractivity (Wildman–Crippen MR) is 110 cm³/mol. The molecule has 3 aromatic rings.